The van der Waals surface area contributed by atoms with E-state index in [-0.39, 0.29) is 35.7 Å². The number of hydrogen-bond acceptors (Lipinski definition) is 5. The highest BCUT2D eigenvalue weighted by Crippen LogP contribution is 2.31. The number of hydrogen-bond donors (Lipinski definition) is 2. The molecule has 2 N–H and O–H groups in total. The van der Waals surface area contributed by atoms with Crippen molar-refractivity contribution in [1.29, 1.82) is 0 Å². The zero-order chi connectivity index (χ0) is 25.2. The van der Waals surface area contributed by atoms with Crippen LogP contribution in [0.15, 0.2) is 60.8 Å². The number of rotatable bonds is 9. The number of aryl methyl sites for hydroxylation is 1. The number of fused-ring (bicyclic) bond motifs is 1. The predicted molar refractivity (Wildman–Crippen MR) is 122 cm³/mol. The summed E-state index contributed by atoms with van der Waals surface area (Å²) in [7, 11) is 0. The number of aliphatic hydroxyl groups excluding tert-OH is 2. The van der Waals surface area contributed by atoms with Gasteiger partial charge in [-0.05, 0) is 48.9 Å². The van der Waals surface area contributed by atoms with Crippen LogP contribution < -0.4 is 4.74 Å². The standard InChI is InChI=1S/C26H23F3N2O4/c1-16-24(22(34)12-26(14-32,15-33)17-7-9-18(27)10-8-17)31-11-3-6-23(25(31)30-16)35-13-19-20(28)4-2-5-21(19)29/h2-11,32-33H,12-15H2,1H3. The summed E-state index contributed by atoms with van der Waals surface area (Å²) in [5, 5.41) is 20.2. The summed E-state index contributed by atoms with van der Waals surface area (Å²) in [5.74, 6) is -2.16. The number of pyridine rings is 1. The van der Waals surface area contributed by atoms with E-state index in [1.807, 2.05) is 0 Å². The van der Waals surface area contributed by atoms with Gasteiger partial charge in [-0.15, -0.1) is 0 Å². The molecule has 0 aliphatic heterocycles. The quantitative estimate of drug-likeness (QED) is 0.349. The number of carbonyl (C=O) groups is 1. The Morgan fingerprint density at radius 1 is 1.00 bits per heavy atom. The molecule has 4 rings (SSSR count). The summed E-state index contributed by atoms with van der Waals surface area (Å²) in [6, 6.07) is 11.9. The van der Waals surface area contributed by atoms with Crippen molar-refractivity contribution in [3.05, 3.63) is 101 Å². The first-order chi connectivity index (χ1) is 16.8. The largest absolute Gasteiger partial charge is 0.485 e. The van der Waals surface area contributed by atoms with Crippen LogP contribution in [0.3, 0.4) is 0 Å². The van der Waals surface area contributed by atoms with Gasteiger partial charge in [-0.25, -0.2) is 18.2 Å². The van der Waals surface area contributed by atoms with Crippen LogP contribution in [0.2, 0.25) is 0 Å². The molecule has 2 aromatic carbocycles. The molecule has 0 aliphatic rings. The van der Waals surface area contributed by atoms with Crippen molar-refractivity contribution >= 4 is 11.4 Å². The van der Waals surface area contributed by atoms with Crippen molar-refractivity contribution in [2.24, 2.45) is 0 Å². The van der Waals surface area contributed by atoms with Crippen molar-refractivity contribution in [1.82, 2.24) is 9.38 Å². The molecule has 0 fully saturated rings. The van der Waals surface area contributed by atoms with Gasteiger partial charge in [0.15, 0.2) is 17.2 Å². The Morgan fingerprint density at radius 2 is 1.66 bits per heavy atom. The third-order valence-electron chi connectivity index (χ3n) is 6.05. The van der Waals surface area contributed by atoms with Gasteiger partial charge in [0, 0.05) is 18.0 Å². The third-order valence-corrected chi connectivity index (χ3v) is 6.05. The van der Waals surface area contributed by atoms with Crippen LogP contribution in [0.25, 0.3) is 5.65 Å². The van der Waals surface area contributed by atoms with Crippen molar-refractivity contribution in [2.45, 2.75) is 25.4 Å². The van der Waals surface area contributed by atoms with Gasteiger partial charge in [0.25, 0.3) is 0 Å². The zero-order valence-corrected chi connectivity index (χ0v) is 18.8. The lowest BCUT2D eigenvalue weighted by Gasteiger charge is -2.29. The smallest absolute Gasteiger partial charge is 0.182 e. The summed E-state index contributed by atoms with van der Waals surface area (Å²) >= 11 is 0. The van der Waals surface area contributed by atoms with Gasteiger partial charge in [-0.2, -0.15) is 0 Å². The SMILES string of the molecule is Cc1nc2c(OCc3c(F)cccc3F)cccn2c1C(=O)CC(CO)(CO)c1ccc(F)cc1. The van der Waals surface area contributed by atoms with Gasteiger partial charge in [0.1, 0.15) is 29.8 Å². The van der Waals surface area contributed by atoms with Crippen LogP contribution >= 0.6 is 0 Å². The Kier molecular flexibility index (Phi) is 6.90. The molecule has 0 unspecified atom stereocenters. The highest BCUT2D eigenvalue weighted by Gasteiger charge is 2.35. The molecule has 0 aliphatic carbocycles. The third kappa shape index (κ3) is 4.65. The average molecular weight is 484 g/mol. The minimum absolute atomic E-state index is 0.205. The van der Waals surface area contributed by atoms with Crippen LogP contribution in [0.4, 0.5) is 13.2 Å². The Balaban J connectivity index is 1.66. The van der Waals surface area contributed by atoms with Gasteiger partial charge < -0.3 is 14.9 Å². The molecule has 35 heavy (non-hydrogen) atoms. The van der Waals surface area contributed by atoms with Gasteiger partial charge in [0.05, 0.1) is 24.5 Å². The summed E-state index contributed by atoms with van der Waals surface area (Å²) in [5.41, 5.74) is -0.310. The number of aliphatic hydroxyl groups is 2. The molecule has 0 spiro atoms. The molecule has 2 aromatic heterocycles. The number of carbonyl (C=O) groups excluding carboxylic acids is 1. The summed E-state index contributed by atoms with van der Waals surface area (Å²) in [6.45, 7) is 0.159. The number of ether oxygens (including phenoxy) is 1. The van der Waals surface area contributed by atoms with Crippen molar-refractivity contribution in [3.63, 3.8) is 0 Å². The van der Waals surface area contributed by atoms with E-state index in [2.05, 4.69) is 4.98 Å². The molecule has 0 saturated heterocycles. The number of benzene rings is 2. The minimum atomic E-state index is -1.34. The van der Waals surface area contributed by atoms with Gasteiger partial charge in [0.2, 0.25) is 0 Å². The van der Waals surface area contributed by atoms with E-state index in [1.54, 1.807) is 25.3 Å². The molecular weight excluding hydrogens is 461 g/mol. The number of halogens is 3. The van der Waals surface area contributed by atoms with Crippen LogP contribution in [0.1, 0.15) is 33.7 Å². The summed E-state index contributed by atoms with van der Waals surface area (Å²) < 4.78 is 48.5. The molecule has 9 heteroatoms. The zero-order valence-electron chi connectivity index (χ0n) is 18.8. The molecule has 4 aromatic rings. The summed E-state index contributed by atoms with van der Waals surface area (Å²) in [6.07, 6.45) is 1.32. The first-order valence-electron chi connectivity index (χ1n) is 10.8. The second kappa shape index (κ2) is 9.89. The van der Waals surface area contributed by atoms with E-state index in [4.69, 9.17) is 4.74 Å². The topological polar surface area (TPSA) is 84.1 Å². The van der Waals surface area contributed by atoms with Crippen LogP contribution in [-0.4, -0.2) is 38.6 Å². The van der Waals surface area contributed by atoms with Crippen molar-refractivity contribution in [3.8, 4) is 5.75 Å². The number of ketones is 1. The highest BCUT2D eigenvalue weighted by atomic mass is 19.1. The van der Waals surface area contributed by atoms with Gasteiger partial charge >= 0.3 is 0 Å². The first kappa shape index (κ1) is 24.4. The predicted octanol–water partition coefficient (Wildman–Crippen LogP) is 4.13. The van der Waals surface area contributed by atoms with Crippen molar-refractivity contribution in [2.75, 3.05) is 13.2 Å². The average Bonchev–Trinajstić information content (AvgIpc) is 3.19. The molecule has 182 valence electrons. The fourth-order valence-corrected chi connectivity index (χ4v) is 4.07. The molecule has 0 atom stereocenters. The highest BCUT2D eigenvalue weighted by molar-refractivity contribution is 5.97. The van der Waals surface area contributed by atoms with E-state index in [9.17, 15) is 28.2 Å². The second-order valence-corrected chi connectivity index (χ2v) is 8.30. The van der Waals surface area contributed by atoms with E-state index in [0.717, 1.165) is 12.1 Å². The fraction of sp³-hybridized carbons (Fsp3) is 0.231. The molecule has 6 nitrogen and oxygen atoms in total. The van der Waals surface area contributed by atoms with Crippen LogP contribution in [0, 0.1) is 24.4 Å². The molecule has 2 heterocycles. The van der Waals surface area contributed by atoms with E-state index >= 15 is 0 Å². The number of Topliss-reactive ketones (excluding diaryl/α,β-unsaturated/α-hetero) is 1. The second-order valence-electron chi connectivity index (χ2n) is 8.30. The number of nitrogens with zero attached hydrogens (tertiary/aromatic N) is 2. The maximum Gasteiger partial charge on any atom is 0.182 e. The van der Waals surface area contributed by atoms with E-state index < -0.39 is 41.9 Å². The Morgan fingerprint density at radius 3 is 2.29 bits per heavy atom. The molecule has 0 bridgehead atoms. The monoisotopic (exact) mass is 484 g/mol. The lowest BCUT2D eigenvalue weighted by atomic mass is 9.77. The maximum atomic E-state index is 14.0. The normalized spacial score (nSPS) is 11.7. The Bertz CT molecular complexity index is 1350. The lowest BCUT2D eigenvalue weighted by Crippen LogP contribution is -2.37. The van der Waals surface area contributed by atoms with Crippen LogP contribution in [0.5, 0.6) is 5.75 Å². The minimum Gasteiger partial charge on any atom is -0.485 e. The molecule has 0 radical (unpaired) electrons. The first-order valence-corrected chi connectivity index (χ1v) is 10.8. The van der Waals surface area contributed by atoms with Crippen molar-refractivity contribution < 1.29 is 32.9 Å². The van der Waals surface area contributed by atoms with Gasteiger partial charge in [-0.3, -0.25) is 9.20 Å². The van der Waals surface area contributed by atoms with Gasteiger partial charge in [-0.1, -0.05) is 18.2 Å². The molecule has 0 amide bonds. The Hall–Kier alpha value is -3.69. The van der Waals surface area contributed by atoms with E-state index in [0.29, 0.717) is 11.3 Å². The molecular formula is C26H23F3N2O4. The summed E-state index contributed by atoms with van der Waals surface area (Å²) in [4.78, 5) is 17.8. The fourth-order valence-electron chi connectivity index (χ4n) is 4.07. The lowest BCUT2D eigenvalue weighted by molar-refractivity contribution is 0.0782. The number of aromatic nitrogens is 2. The number of imidazole rings is 1. The van der Waals surface area contributed by atoms with E-state index in [1.165, 1.54) is 34.7 Å². The maximum absolute atomic E-state index is 14.0. The van der Waals surface area contributed by atoms with Crippen LogP contribution in [-0.2, 0) is 12.0 Å². The molecule has 0 saturated carbocycles. The Labute approximate surface area is 199 Å².